The first kappa shape index (κ1) is 15.8. The second-order valence-corrected chi connectivity index (χ2v) is 14.0. The van der Waals surface area contributed by atoms with Gasteiger partial charge in [-0.25, -0.2) is 0 Å². The van der Waals surface area contributed by atoms with Crippen molar-refractivity contribution in [3.63, 3.8) is 0 Å². The van der Waals surface area contributed by atoms with Gasteiger partial charge in [0.05, 0.1) is 0 Å². The van der Waals surface area contributed by atoms with Gasteiger partial charge in [0, 0.05) is 0 Å². The van der Waals surface area contributed by atoms with E-state index in [2.05, 4.69) is 13.8 Å². The molecule has 1 rings (SSSR count). The minimum atomic E-state index is -3.64. The summed E-state index contributed by atoms with van der Waals surface area (Å²) >= 11 is -3.64. The van der Waals surface area contributed by atoms with Gasteiger partial charge >= 0.3 is 113 Å². The number of unbranched alkanes of at least 4 members (excludes halogenated alkanes) is 2. The van der Waals surface area contributed by atoms with Crippen molar-refractivity contribution in [3.05, 3.63) is 0 Å². The van der Waals surface area contributed by atoms with Crippen LogP contribution in [0.5, 0.6) is 0 Å². The zero-order chi connectivity index (χ0) is 13.6. The van der Waals surface area contributed by atoms with Crippen LogP contribution in [0.4, 0.5) is 0 Å². The van der Waals surface area contributed by atoms with Gasteiger partial charge in [-0.05, 0) is 0 Å². The molecule has 1 fully saturated rings. The van der Waals surface area contributed by atoms with Crippen molar-refractivity contribution < 1.29 is 20.8 Å². The van der Waals surface area contributed by atoms with Crippen LogP contribution in [-0.2, 0) is 15.7 Å². The minimum absolute atomic E-state index is 0.268. The molecule has 0 radical (unpaired) electrons. The van der Waals surface area contributed by atoms with Crippen LogP contribution in [0.1, 0.15) is 46.0 Å². The van der Waals surface area contributed by atoms with Crippen molar-refractivity contribution in [1.29, 1.82) is 0 Å². The van der Waals surface area contributed by atoms with E-state index in [1.165, 1.54) is 0 Å². The second kappa shape index (κ2) is 7.33. The molecule has 1 saturated heterocycles. The zero-order valence-electron chi connectivity index (χ0n) is 11.1. The molecule has 5 nitrogen and oxygen atoms in total. The van der Waals surface area contributed by atoms with E-state index in [4.69, 9.17) is 6.15 Å². The van der Waals surface area contributed by atoms with E-state index in [0.29, 0.717) is 8.87 Å². The van der Waals surface area contributed by atoms with Crippen LogP contribution in [0, 0.1) is 0 Å². The van der Waals surface area contributed by atoms with E-state index < -0.39 is 37.2 Å². The Bertz CT molecular complexity index is 297. The van der Waals surface area contributed by atoms with Crippen LogP contribution >= 0.6 is 0 Å². The van der Waals surface area contributed by atoms with Gasteiger partial charge in [-0.15, -0.1) is 0 Å². The second-order valence-electron chi connectivity index (χ2n) is 4.73. The number of hydrogen-bond acceptors (Lipinski definition) is 5. The number of rotatable bonds is 6. The third-order valence-corrected chi connectivity index (χ3v) is 12.8. The van der Waals surface area contributed by atoms with Crippen LogP contribution < -0.4 is 0 Å². The zero-order valence-corrected chi connectivity index (χ0v) is 14.0. The average Bonchev–Trinajstić information content (AvgIpc) is 2.42. The summed E-state index contributed by atoms with van der Waals surface area (Å²) in [6.45, 7) is 4.10. The van der Waals surface area contributed by atoms with Gasteiger partial charge in [0.1, 0.15) is 0 Å². The third-order valence-electron chi connectivity index (χ3n) is 3.04. The molecule has 1 N–H and O–H groups in total. The van der Waals surface area contributed by atoms with Crippen LogP contribution in [0.2, 0.25) is 8.87 Å². The Kier molecular flexibility index (Phi) is 6.41. The van der Waals surface area contributed by atoms with Gasteiger partial charge in [-0.1, -0.05) is 0 Å². The Morgan fingerprint density at radius 3 is 2.22 bits per heavy atom. The van der Waals surface area contributed by atoms with Gasteiger partial charge in [0.15, 0.2) is 0 Å². The fraction of sp³-hybridized carbons (Fsp3) is 0.833. The Morgan fingerprint density at radius 1 is 1.17 bits per heavy atom. The first-order valence-corrected chi connectivity index (χ1v) is 13.0. The molecule has 0 aromatic rings. The van der Waals surface area contributed by atoms with Crippen LogP contribution in [0.15, 0.2) is 0 Å². The van der Waals surface area contributed by atoms with Crippen molar-refractivity contribution in [1.82, 2.24) is 0 Å². The molecule has 0 unspecified atom stereocenters. The molecular formula is C12H22O5Sn. The predicted octanol–water partition coefficient (Wildman–Crippen LogP) is 1.88. The molecule has 0 amide bonds. The summed E-state index contributed by atoms with van der Waals surface area (Å²) in [6.07, 6.45) is 2.13. The molecule has 0 saturated carbocycles. The Morgan fingerprint density at radius 2 is 1.72 bits per heavy atom. The molecular weight excluding hydrogens is 343 g/mol. The number of aliphatic hydroxyl groups is 1. The molecule has 0 spiro atoms. The summed E-state index contributed by atoms with van der Waals surface area (Å²) in [5, 5.41) is 9.47. The summed E-state index contributed by atoms with van der Waals surface area (Å²) in [7, 11) is 0. The first-order chi connectivity index (χ1) is 8.53. The first-order valence-electron chi connectivity index (χ1n) is 6.65. The Balaban J connectivity index is 2.83. The van der Waals surface area contributed by atoms with Crippen LogP contribution in [0.3, 0.4) is 0 Å². The van der Waals surface area contributed by atoms with E-state index in [0.717, 1.165) is 25.7 Å². The fourth-order valence-corrected chi connectivity index (χ4v) is 11.9. The summed E-state index contributed by atoms with van der Waals surface area (Å²) in [5.41, 5.74) is 0. The maximum absolute atomic E-state index is 11.6. The average molecular weight is 365 g/mol. The van der Waals surface area contributed by atoms with E-state index in [1.54, 1.807) is 0 Å². The summed E-state index contributed by atoms with van der Waals surface area (Å²) in [4.78, 5) is 23.3. The predicted molar refractivity (Wildman–Crippen MR) is 68.0 cm³/mol. The fourth-order valence-electron chi connectivity index (χ4n) is 1.98. The van der Waals surface area contributed by atoms with Crippen LogP contribution in [0.25, 0.3) is 0 Å². The number of carbonyl (C=O) groups excluding carboxylic acids is 2. The molecule has 104 valence electrons. The molecule has 0 aliphatic carbocycles. The van der Waals surface area contributed by atoms with Gasteiger partial charge in [0.25, 0.3) is 0 Å². The number of hydrogen-bond donors (Lipinski definition) is 1. The molecule has 1 aliphatic heterocycles. The summed E-state index contributed by atoms with van der Waals surface area (Å²) in [5.74, 6) is -1.14. The molecule has 1 atom stereocenters. The molecule has 18 heavy (non-hydrogen) atoms. The monoisotopic (exact) mass is 366 g/mol. The van der Waals surface area contributed by atoms with Crippen molar-refractivity contribution in [2.45, 2.75) is 60.9 Å². The molecule has 0 bridgehead atoms. The molecule has 1 aliphatic rings. The molecule has 6 heteroatoms. The molecule has 1 heterocycles. The normalized spacial score (nSPS) is 23.2. The molecule has 0 aromatic carbocycles. The maximum atomic E-state index is 11.6. The summed E-state index contributed by atoms with van der Waals surface area (Å²) in [6, 6.07) is 0. The van der Waals surface area contributed by atoms with E-state index >= 15 is 0 Å². The van der Waals surface area contributed by atoms with Crippen molar-refractivity contribution >= 4 is 31.1 Å². The quantitative estimate of drug-likeness (QED) is 0.728. The Hall–Kier alpha value is -0.301. The van der Waals surface area contributed by atoms with Crippen molar-refractivity contribution in [3.8, 4) is 0 Å². The SMILES string of the molecule is CCC[CH2][Sn]1([CH2]CCC)[O]C(=O)C[C@H](O)C(=O)[O]1. The van der Waals surface area contributed by atoms with Gasteiger partial charge < -0.3 is 0 Å². The van der Waals surface area contributed by atoms with Gasteiger partial charge in [-0.2, -0.15) is 0 Å². The van der Waals surface area contributed by atoms with Gasteiger partial charge in [-0.3, -0.25) is 0 Å². The standard InChI is InChI=1S/C4H6O5.2C4H9.Sn/c5-2(4(8)9)1-3(6)7;2*1-3-4-2;/h2,5H,1H2,(H,6,7)(H,8,9);2*1,3-4H2,2H3;/q;;;+2/p-2/t2-;;;/m0.../s1. The van der Waals surface area contributed by atoms with E-state index in [1.807, 2.05) is 0 Å². The third kappa shape index (κ3) is 4.42. The topological polar surface area (TPSA) is 72.8 Å². The number of aliphatic hydroxyl groups excluding tert-OH is 1. The Labute approximate surface area is 113 Å². The van der Waals surface area contributed by atoms with Crippen molar-refractivity contribution in [2.75, 3.05) is 0 Å². The number of carbonyl (C=O) groups is 2. The van der Waals surface area contributed by atoms with E-state index in [9.17, 15) is 14.7 Å². The van der Waals surface area contributed by atoms with Crippen LogP contribution in [-0.4, -0.2) is 42.4 Å². The summed E-state index contributed by atoms with van der Waals surface area (Å²) < 4.78 is 12.4. The van der Waals surface area contributed by atoms with Crippen molar-refractivity contribution in [2.24, 2.45) is 0 Å². The van der Waals surface area contributed by atoms with E-state index in [-0.39, 0.29) is 6.42 Å². The molecule has 0 aromatic heterocycles. The van der Waals surface area contributed by atoms with Gasteiger partial charge in [0.2, 0.25) is 0 Å².